The average molecular weight is 1510 g/mol. The Morgan fingerprint density at radius 1 is 0.538 bits per heavy atom. The van der Waals surface area contributed by atoms with Crippen molar-refractivity contribution in [3.63, 3.8) is 0 Å². The van der Waals surface area contributed by atoms with Crippen molar-refractivity contribution in [2.45, 2.75) is 137 Å². The number of hydrogen-bond acceptors (Lipinski definition) is 32. The molecule has 0 bridgehead atoms. The number of aromatic nitrogens is 8. The predicted octanol–water partition coefficient (Wildman–Crippen LogP) is -3.04. The number of nitrogen functional groups attached to an aromatic ring is 2. The molecule has 0 aliphatic carbocycles. The van der Waals surface area contributed by atoms with Gasteiger partial charge in [0.05, 0.1) is 49.0 Å². The summed E-state index contributed by atoms with van der Waals surface area (Å²) in [6.45, 7) is 3.45. The van der Waals surface area contributed by atoms with Crippen LogP contribution in [0.15, 0.2) is 70.5 Å². The van der Waals surface area contributed by atoms with Crippen LogP contribution in [0.25, 0.3) is 22.3 Å². The molecule has 556 valence electrons. The number of anilines is 4. The van der Waals surface area contributed by atoms with Crippen LogP contribution in [0.2, 0.25) is 0 Å². The zero-order valence-electron chi connectivity index (χ0n) is 55.5. The SMILES string of the molecule is CC1C(=O)N2C(C(=O)O)CS[C@@]23NC(CCC(=O)CCC(NC(=O)c2ccc(NCc4cnc5nc(N)[nH]c(=O)c5n4)cc2)C(=O)O)C(=O)N13.C[C@H]1C(=O)N2[C@H](C(=O)O)CS[C@@]23N[C@@H](CCC(=O)CC[C@@H](NC(=O)c2ccc(NCc4cnc5nc(N)[nH]c(=O)c5n4)cc2)C(=O)O)C(=O)N13.O=C=O.O=C=O. The van der Waals surface area contributed by atoms with E-state index in [9.17, 15) is 87.5 Å². The number of carbonyl (C=O) groups excluding carboxylic acids is 12. The summed E-state index contributed by atoms with van der Waals surface area (Å²) in [5, 5.41) is 53.2. The molecule has 6 aliphatic heterocycles. The Hall–Kier alpha value is -12.5. The lowest BCUT2D eigenvalue weighted by Crippen LogP contribution is -2.57. The summed E-state index contributed by atoms with van der Waals surface area (Å²) < 4.78 is 0. The van der Waals surface area contributed by atoms with E-state index >= 15 is 0 Å². The fourth-order valence-corrected chi connectivity index (χ4v) is 15.7. The van der Waals surface area contributed by atoms with Gasteiger partial charge in [-0.25, -0.2) is 39.1 Å². The zero-order valence-corrected chi connectivity index (χ0v) is 57.1. The number of carboxylic acid groups (broad SMARTS) is 4. The number of thioether (sulfide) groups is 2. The van der Waals surface area contributed by atoms with Crippen molar-refractivity contribution in [2.24, 2.45) is 0 Å². The molecule has 44 heteroatoms. The van der Waals surface area contributed by atoms with Crippen LogP contribution in [0.4, 0.5) is 23.3 Å². The maximum Gasteiger partial charge on any atom is 0.373 e. The molecular weight excluding hydrogens is 1440 g/mol. The first-order valence-corrected chi connectivity index (χ1v) is 33.8. The minimum Gasteiger partial charge on any atom is -0.480 e. The maximum atomic E-state index is 13.2. The van der Waals surface area contributed by atoms with Crippen molar-refractivity contribution in [1.29, 1.82) is 0 Å². The van der Waals surface area contributed by atoms with Gasteiger partial charge in [-0.1, -0.05) is 23.5 Å². The monoisotopic (exact) mass is 1500 g/mol. The minimum absolute atomic E-state index is 0.0337. The number of fused-ring (bicyclic) bond motifs is 2. The van der Waals surface area contributed by atoms with Gasteiger partial charge >= 0.3 is 36.2 Å². The van der Waals surface area contributed by atoms with Crippen LogP contribution in [0.3, 0.4) is 0 Å². The van der Waals surface area contributed by atoms with Crippen LogP contribution in [-0.2, 0) is 80.2 Å². The van der Waals surface area contributed by atoms with Gasteiger partial charge in [-0.05, 0) is 88.1 Å². The second-order valence-electron chi connectivity index (χ2n) is 24.1. The Kier molecular flexibility index (Phi) is 24.1. The third kappa shape index (κ3) is 16.4. The summed E-state index contributed by atoms with van der Waals surface area (Å²) in [5.74, 6) is -8.70. The van der Waals surface area contributed by atoms with Gasteiger partial charge in [-0.3, -0.25) is 88.1 Å². The van der Waals surface area contributed by atoms with Gasteiger partial charge in [0.15, 0.2) is 22.3 Å². The number of carbonyl (C=O) groups is 12. The number of nitrogens with two attached hydrogens (primary N) is 2. The number of aliphatic carboxylic acids is 4. The van der Waals surface area contributed by atoms with Crippen LogP contribution >= 0.6 is 23.5 Å². The minimum atomic E-state index is -1.36. The second-order valence-corrected chi connectivity index (χ2v) is 26.5. The number of carboxylic acids is 4. The molecule has 0 radical (unpaired) electrons. The lowest BCUT2D eigenvalue weighted by Gasteiger charge is -2.33. The summed E-state index contributed by atoms with van der Waals surface area (Å²) in [6.07, 6.45) is 2.61. The number of aromatic amines is 2. The first-order valence-electron chi connectivity index (χ1n) is 31.8. The number of hydrogen-bond donors (Lipinski definition) is 14. The van der Waals surface area contributed by atoms with Crippen molar-refractivity contribution in [2.75, 3.05) is 33.6 Å². The van der Waals surface area contributed by atoms with E-state index in [2.05, 4.69) is 71.8 Å². The van der Waals surface area contributed by atoms with Crippen LogP contribution < -0.4 is 54.5 Å². The molecule has 6 amide bonds. The molecule has 6 saturated heterocycles. The first-order chi connectivity index (χ1) is 50.4. The maximum absolute atomic E-state index is 13.2. The highest BCUT2D eigenvalue weighted by molar-refractivity contribution is 8.01. The Morgan fingerprint density at radius 2 is 0.887 bits per heavy atom. The third-order valence-electron chi connectivity index (χ3n) is 17.4. The molecule has 0 saturated carbocycles. The van der Waals surface area contributed by atoms with E-state index in [0.29, 0.717) is 22.8 Å². The van der Waals surface area contributed by atoms with Crippen molar-refractivity contribution < 1.29 is 97.1 Å². The summed E-state index contributed by atoms with van der Waals surface area (Å²) in [5.41, 5.74) is 12.7. The standard InChI is InChI=1S/2C30H32N10O9S.2CO2/c2*1-13-25(44)40-20(28(48)49)12-50-30(40)38-18(26(45)39(13)30)8-6-17(41)7-9-19(27(46)47)35-23(42)14-2-4-15(5-3-14)32-10-16-11-33-22-21(34-16)24(43)37-29(31)36-22;2*2-1-3/h2*2-5,11,13,18-20,32,38H,6-10,12H2,1H3,(H,35,42)(H,46,47)(H,48,49)(H3,31,33,36,37,43);;/t13?,18?,19?,20?,30-;13-,18-,19+,20-,30+;;/m10../s1. The van der Waals surface area contributed by atoms with Crippen molar-refractivity contribution >= 4 is 152 Å². The third-order valence-corrected chi connectivity index (χ3v) is 20.2. The van der Waals surface area contributed by atoms with Crippen LogP contribution in [0, 0.1) is 0 Å². The highest BCUT2D eigenvalue weighted by atomic mass is 32.2. The number of nitrogens with one attached hydrogen (secondary N) is 8. The summed E-state index contributed by atoms with van der Waals surface area (Å²) >= 11 is 2.29. The lowest BCUT2D eigenvalue weighted by atomic mass is 10.0. The zero-order chi connectivity index (χ0) is 77.2. The molecule has 2 aromatic carbocycles. The fraction of sp³-hybridized carbons (Fsp3) is 0.387. The normalized spacial score (nSPS) is 21.9. The Morgan fingerprint density at radius 3 is 1.22 bits per heavy atom. The number of rotatable bonds is 26. The quantitative estimate of drug-likeness (QED) is 0.0257. The molecule has 6 aliphatic rings. The van der Waals surface area contributed by atoms with E-state index in [1.807, 2.05) is 0 Å². The topological polar surface area (TPSA) is 634 Å². The van der Waals surface area contributed by atoms with Gasteiger partial charge in [-0.2, -0.15) is 29.1 Å². The van der Waals surface area contributed by atoms with Crippen molar-refractivity contribution in [1.82, 2.24) is 80.7 Å². The molecule has 12 rings (SSSR count). The van der Waals surface area contributed by atoms with E-state index < -0.39 is 129 Å². The first kappa shape index (κ1) is 77.7. The lowest BCUT2D eigenvalue weighted by molar-refractivity contribution is -0.193. The summed E-state index contributed by atoms with van der Waals surface area (Å²) in [4.78, 5) is 242. The molecular formula is C62H64N20O22S2. The Balaban J connectivity index is 0.000000228. The predicted molar refractivity (Wildman–Crippen MR) is 360 cm³/mol. The smallest absolute Gasteiger partial charge is 0.373 e. The van der Waals surface area contributed by atoms with Gasteiger partial charge in [0, 0.05) is 59.7 Å². The van der Waals surface area contributed by atoms with Gasteiger partial charge in [-0.15, -0.1) is 0 Å². The number of Topliss-reactive ketones (excluding diaryl/α,β-unsaturated/α-hetero) is 2. The Labute approximate surface area is 602 Å². The molecule has 4 unspecified atom stereocenters. The summed E-state index contributed by atoms with van der Waals surface area (Å²) in [7, 11) is 0. The van der Waals surface area contributed by atoms with Gasteiger partial charge in [0.2, 0.25) is 45.8 Å². The number of H-pyrrole nitrogens is 2. The van der Waals surface area contributed by atoms with E-state index in [-0.39, 0.29) is 145 Å². The summed E-state index contributed by atoms with van der Waals surface area (Å²) in [6, 6.07) is 4.02. The Bertz CT molecular complexity index is 4440. The molecule has 2 spiro atoms. The fourth-order valence-electron chi connectivity index (χ4n) is 12.4. The van der Waals surface area contributed by atoms with E-state index in [4.69, 9.17) is 30.6 Å². The molecule has 6 aromatic rings. The highest BCUT2D eigenvalue weighted by Crippen LogP contribution is 2.51. The van der Waals surface area contributed by atoms with Crippen molar-refractivity contribution in [3.05, 3.63) is 104 Å². The molecule has 42 nitrogen and oxygen atoms in total. The second kappa shape index (κ2) is 32.9. The number of nitrogens with zero attached hydrogens (tertiary/aromatic N) is 10. The van der Waals surface area contributed by atoms with Crippen molar-refractivity contribution in [3.8, 4) is 0 Å². The van der Waals surface area contributed by atoms with Crippen LogP contribution in [0.1, 0.15) is 97.3 Å². The molecule has 10 atom stereocenters. The van der Waals surface area contributed by atoms with Gasteiger partial charge in [0.25, 0.3) is 22.9 Å². The molecule has 4 aromatic heterocycles. The molecule has 106 heavy (non-hydrogen) atoms. The number of amides is 6. The van der Waals surface area contributed by atoms with Gasteiger partial charge in [0.1, 0.15) is 47.8 Å². The van der Waals surface area contributed by atoms with Gasteiger partial charge < -0.3 is 53.2 Å². The van der Waals surface area contributed by atoms with Crippen LogP contribution in [0.5, 0.6) is 0 Å². The average Bonchev–Trinajstić information content (AvgIpc) is 1.54. The van der Waals surface area contributed by atoms with Crippen LogP contribution in [-0.4, -0.2) is 233 Å². The largest absolute Gasteiger partial charge is 0.480 e. The molecule has 16 N–H and O–H groups in total. The molecule has 10 heterocycles. The highest BCUT2D eigenvalue weighted by Gasteiger charge is 2.71. The van der Waals surface area contributed by atoms with E-state index in [0.717, 1.165) is 23.5 Å². The number of benzene rings is 2. The number of ketones is 2. The van der Waals surface area contributed by atoms with E-state index in [1.165, 1.54) is 70.1 Å². The molecule has 6 fully saturated rings. The van der Waals surface area contributed by atoms with E-state index in [1.54, 1.807) is 24.3 Å².